The van der Waals surface area contributed by atoms with E-state index in [2.05, 4.69) is 50.3 Å². The van der Waals surface area contributed by atoms with Crippen molar-refractivity contribution in [2.24, 2.45) is 27.5 Å². The first-order valence-corrected chi connectivity index (χ1v) is 8.30. The summed E-state index contributed by atoms with van der Waals surface area (Å²) in [7, 11) is 1.71. The van der Waals surface area contributed by atoms with Gasteiger partial charge in [-0.1, -0.05) is 50.6 Å². The molecule has 0 N–H and O–H groups in total. The largest absolute Gasteiger partial charge is 0.505 e. The van der Waals surface area contributed by atoms with Crippen LogP contribution in [0.25, 0.3) is 0 Å². The van der Waals surface area contributed by atoms with Crippen LogP contribution in [0.2, 0.25) is 0 Å². The lowest BCUT2D eigenvalue weighted by atomic mass is 9.63. The maximum atomic E-state index is 5.25. The van der Waals surface area contributed by atoms with Crippen molar-refractivity contribution < 1.29 is 4.74 Å². The van der Waals surface area contributed by atoms with Gasteiger partial charge in [-0.15, -0.1) is 0 Å². The highest BCUT2D eigenvalue weighted by molar-refractivity contribution is 5.42. The van der Waals surface area contributed by atoms with Crippen LogP contribution in [0.5, 0.6) is 0 Å². The van der Waals surface area contributed by atoms with E-state index in [1.165, 1.54) is 24.8 Å². The van der Waals surface area contributed by atoms with Crippen LogP contribution in [-0.4, -0.2) is 12.6 Å². The zero-order valence-electron chi connectivity index (χ0n) is 13.6. The molecule has 116 valence electrons. The second-order valence-electron chi connectivity index (χ2n) is 7.47. The molecule has 0 spiro atoms. The van der Waals surface area contributed by atoms with E-state index in [1.807, 2.05) is 6.26 Å². The fourth-order valence-electron chi connectivity index (χ4n) is 5.64. The molecule has 0 aromatic heterocycles. The lowest BCUT2D eigenvalue weighted by Gasteiger charge is -2.40. The van der Waals surface area contributed by atoms with E-state index in [4.69, 9.17) is 15.0 Å². The van der Waals surface area contributed by atoms with Crippen LogP contribution in [0.3, 0.4) is 0 Å². The summed E-state index contributed by atoms with van der Waals surface area (Å²) in [6.45, 7) is 4.69. The number of benzene rings is 1. The van der Waals surface area contributed by atoms with Crippen LogP contribution in [0.4, 0.5) is 0 Å². The molecule has 1 aliphatic heterocycles. The third-order valence-electron chi connectivity index (χ3n) is 6.62. The number of rotatable bonds is 3. The normalized spacial score (nSPS) is 41.2. The molecular weight excluding hydrogens is 272 g/mol. The molecule has 1 heterocycles. The quantitative estimate of drug-likeness (QED) is 0.744. The van der Waals surface area contributed by atoms with Crippen molar-refractivity contribution in [3.05, 3.63) is 48.2 Å². The topological polar surface area (TPSA) is 34.0 Å². The molecule has 22 heavy (non-hydrogen) atoms. The van der Waals surface area contributed by atoms with E-state index in [9.17, 15) is 0 Å². The SMILES string of the molecule is CO/C=C\[C@]12N=N[C@](c3ccccc3)([C@@H]3CCC[C@@H]31)C2(C)C. The molecule has 1 aromatic carbocycles. The predicted molar refractivity (Wildman–Crippen MR) is 86.5 cm³/mol. The summed E-state index contributed by atoms with van der Waals surface area (Å²) in [5.74, 6) is 1.16. The van der Waals surface area contributed by atoms with Crippen LogP contribution in [0.1, 0.15) is 38.7 Å². The molecule has 0 saturated heterocycles. The Morgan fingerprint density at radius 2 is 1.82 bits per heavy atom. The first kappa shape index (κ1) is 14.0. The molecule has 2 aliphatic carbocycles. The maximum Gasteiger partial charge on any atom is 0.117 e. The van der Waals surface area contributed by atoms with E-state index in [0.717, 1.165) is 0 Å². The minimum Gasteiger partial charge on any atom is -0.505 e. The summed E-state index contributed by atoms with van der Waals surface area (Å²) in [6.07, 6.45) is 7.77. The molecule has 3 heteroatoms. The zero-order chi connectivity index (χ0) is 15.4. The number of hydrogen-bond donors (Lipinski definition) is 0. The fraction of sp³-hybridized carbons (Fsp3) is 0.579. The predicted octanol–water partition coefficient (Wildman–Crippen LogP) is 4.70. The van der Waals surface area contributed by atoms with E-state index in [-0.39, 0.29) is 16.5 Å². The molecule has 3 aliphatic rings. The Bertz CT molecular complexity index is 636. The van der Waals surface area contributed by atoms with E-state index in [1.54, 1.807) is 7.11 Å². The Morgan fingerprint density at radius 1 is 1.09 bits per heavy atom. The van der Waals surface area contributed by atoms with Crippen LogP contribution in [0, 0.1) is 17.3 Å². The van der Waals surface area contributed by atoms with Gasteiger partial charge in [0.05, 0.1) is 13.4 Å². The minimum absolute atomic E-state index is 0.0356. The fourth-order valence-corrected chi connectivity index (χ4v) is 5.64. The highest BCUT2D eigenvalue weighted by Gasteiger charge is 2.76. The number of methoxy groups -OCH3 is 1. The highest BCUT2D eigenvalue weighted by atomic mass is 16.5. The molecular formula is C19H24N2O. The van der Waals surface area contributed by atoms with Crippen molar-refractivity contribution >= 4 is 0 Å². The smallest absolute Gasteiger partial charge is 0.117 e. The average molecular weight is 296 g/mol. The van der Waals surface area contributed by atoms with Crippen LogP contribution >= 0.6 is 0 Å². The van der Waals surface area contributed by atoms with Gasteiger partial charge in [-0.3, -0.25) is 0 Å². The number of hydrogen-bond acceptors (Lipinski definition) is 3. The molecule has 2 fully saturated rings. The molecule has 0 radical (unpaired) electrons. The van der Waals surface area contributed by atoms with Gasteiger partial charge >= 0.3 is 0 Å². The number of fused-ring (bicyclic) bond motifs is 5. The summed E-state index contributed by atoms with van der Waals surface area (Å²) < 4.78 is 5.25. The maximum absolute atomic E-state index is 5.25. The summed E-state index contributed by atoms with van der Waals surface area (Å²) in [4.78, 5) is 0. The van der Waals surface area contributed by atoms with Crippen LogP contribution in [0.15, 0.2) is 52.9 Å². The molecule has 0 amide bonds. The average Bonchev–Trinajstić information content (AvgIpc) is 3.14. The molecule has 3 nitrogen and oxygen atoms in total. The minimum atomic E-state index is -0.222. The Kier molecular flexibility index (Phi) is 2.82. The van der Waals surface area contributed by atoms with Crippen molar-refractivity contribution in [3.63, 3.8) is 0 Å². The molecule has 0 unspecified atom stereocenters. The van der Waals surface area contributed by atoms with Crippen LogP contribution < -0.4 is 0 Å². The van der Waals surface area contributed by atoms with Gasteiger partial charge in [0.25, 0.3) is 0 Å². The van der Waals surface area contributed by atoms with Crippen molar-refractivity contribution in [1.29, 1.82) is 0 Å². The summed E-state index contributed by atoms with van der Waals surface area (Å²) in [6, 6.07) is 10.8. The van der Waals surface area contributed by atoms with Gasteiger partial charge in [0.2, 0.25) is 0 Å². The van der Waals surface area contributed by atoms with E-state index < -0.39 is 0 Å². The second-order valence-corrected chi connectivity index (χ2v) is 7.47. The summed E-state index contributed by atoms with van der Waals surface area (Å²) >= 11 is 0. The Labute approximate surface area is 132 Å². The van der Waals surface area contributed by atoms with Gasteiger partial charge in [0, 0.05) is 5.41 Å². The molecule has 2 bridgehead atoms. The van der Waals surface area contributed by atoms with Gasteiger partial charge in [-0.25, -0.2) is 0 Å². The highest BCUT2D eigenvalue weighted by Crippen LogP contribution is 2.74. The first-order chi connectivity index (χ1) is 10.6. The van der Waals surface area contributed by atoms with Gasteiger partial charge in [0.15, 0.2) is 0 Å². The Hall–Kier alpha value is -1.64. The third-order valence-corrected chi connectivity index (χ3v) is 6.62. The molecule has 1 aromatic rings. The summed E-state index contributed by atoms with van der Waals surface area (Å²) in [5, 5.41) is 9.82. The Morgan fingerprint density at radius 3 is 2.55 bits per heavy atom. The van der Waals surface area contributed by atoms with Crippen LogP contribution in [-0.2, 0) is 10.3 Å². The standard InChI is InChI=1S/C19H24N2O/c1-17(2)18(12-13-22-3)15-10-7-11-16(15)19(17,21-20-18)14-8-5-4-6-9-14/h4-6,8-9,12-13,15-16H,7,10-11H2,1-3H3/b13-12-/t15-,16+,18-,19+/m0/s1. The number of nitrogens with zero attached hydrogens (tertiary/aromatic N) is 2. The molecule has 4 rings (SSSR count). The van der Waals surface area contributed by atoms with Gasteiger partial charge in [-0.2, -0.15) is 10.2 Å². The number of azo groups is 1. The van der Waals surface area contributed by atoms with Gasteiger partial charge in [0.1, 0.15) is 11.1 Å². The van der Waals surface area contributed by atoms with Gasteiger partial charge < -0.3 is 4.74 Å². The van der Waals surface area contributed by atoms with E-state index in [0.29, 0.717) is 11.8 Å². The third kappa shape index (κ3) is 1.34. The molecule has 4 atom stereocenters. The summed E-state index contributed by atoms with van der Waals surface area (Å²) in [5.41, 5.74) is 0.880. The number of ether oxygens (including phenoxy) is 1. The van der Waals surface area contributed by atoms with Crippen molar-refractivity contribution in [3.8, 4) is 0 Å². The first-order valence-electron chi connectivity index (χ1n) is 8.30. The lowest BCUT2D eigenvalue weighted by molar-refractivity contribution is 0.163. The zero-order valence-corrected chi connectivity index (χ0v) is 13.6. The monoisotopic (exact) mass is 296 g/mol. The van der Waals surface area contributed by atoms with Crippen molar-refractivity contribution in [1.82, 2.24) is 0 Å². The van der Waals surface area contributed by atoms with Crippen molar-refractivity contribution in [2.75, 3.05) is 7.11 Å². The van der Waals surface area contributed by atoms with Gasteiger partial charge in [-0.05, 0) is 36.3 Å². The molecule has 2 saturated carbocycles. The van der Waals surface area contributed by atoms with E-state index >= 15 is 0 Å². The second kappa shape index (κ2) is 4.43. The lowest BCUT2D eigenvalue weighted by Crippen LogP contribution is -2.45. The Balaban J connectivity index is 1.94. The van der Waals surface area contributed by atoms with Crippen molar-refractivity contribution in [2.45, 2.75) is 44.2 Å².